The normalized spacial score (nSPS) is 15.8. The smallest absolute Gasteiger partial charge is 0.337 e. The predicted octanol–water partition coefficient (Wildman–Crippen LogP) is 2.79. The Morgan fingerprint density at radius 1 is 1.18 bits per heavy atom. The van der Waals surface area contributed by atoms with E-state index in [9.17, 15) is 14.7 Å². The molecule has 1 saturated carbocycles. The van der Waals surface area contributed by atoms with Crippen LogP contribution in [0.5, 0.6) is 0 Å². The van der Waals surface area contributed by atoms with Crippen LogP contribution >= 0.6 is 0 Å². The fourth-order valence-electron chi connectivity index (χ4n) is 3.22. The first-order valence-corrected chi connectivity index (χ1v) is 7.75. The lowest BCUT2D eigenvalue weighted by Gasteiger charge is -2.22. The number of para-hydroxylation sites is 1. The number of aromatic nitrogens is 1. The van der Waals surface area contributed by atoms with Gasteiger partial charge in [0.2, 0.25) is 5.91 Å². The van der Waals surface area contributed by atoms with E-state index in [1.165, 1.54) is 19.3 Å². The standard InChI is InChI=1S/C17H20N2O3/c20-16(18-12-6-2-1-3-7-12)11-19-10-14(17(21)22)13-8-4-5-9-15(13)19/h4-5,8-10,12H,1-3,6-7,11H2,(H,18,20)(H,21,22). The molecule has 0 bridgehead atoms. The van der Waals surface area contributed by atoms with E-state index in [4.69, 9.17) is 0 Å². The topological polar surface area (TPSA) is 71.3 Å². The van der Waals surface area contributed by atoms with Gasteiger partial charge in [0.25, 0.3) is 0 Å². The molecule has 0 unspecified atom stereocenters. The molecule has 2 N–H and O–H groups in total. The zero-order chi connectivity index (χ0) is 15.5. The fourth-order valence-corrected chi connectivity index (χ4v) is 3.22. The van der Waals surface area contributed by atoms with E-state index >= 15 is 0 Å². The van der Waals surface area contributed by atoms with Gasteiger partial charge < -0.3 is 15.0 Å². The summed E-state index contributed by atoms with van der Waals surface area (Å²) in [5.41, 5.74) is 1.01. The highest BCUT2D eigenvalue weighted by molar-refractivity contribution is 6.03. The number of carbonyl (C=O) groups excluding carboxylic acids is 1. The van der Waals surface area contributed by atoms with Crippen molar-refractivity contribution < 1.29 is 14.7 Å². The number of benzene rings is 1. The molecule has 2 aromatic rings. The Bertz CT molecular complexity index is 699. The number of fused-ring (bicyclic) bond motifs is 1. The molecule has 0 spiro atoms. The largest absolute Gasteiger partial charge is 0.478 e. The van der Waals surface area contributed by atoms with Crippen molar-refractivity contribution in [2.45, 2.75) is 44.7 Å². The quantitative estimate of drug-likeness (QED) is 0.912. The molecule has 1 aromatic heterocycles. The van der Waals surface area contributed by atoms with E-state index in [0.717, 1.165) is 18.4 Å². The summed E-state index contributed by atoms with van der Waals surface area (Å²) in [6.45, 7) is 0.157. The van der Waals surface area contributed by atoms with Gasteiger partial charge in [0, 0.05) is 23.1 Å². The van der Waals surface area contributed by atoms with Gasteiger partial charge in [0.05, 0.1) is 5.56 Å². The van der Waals surface area contributed by atoms with E-state index in [2.05, 4.69) is 5.32 Å². The number of carbonyl (C=O) groups is 2. The molecule has 3 rings (SSSR count). The minimum Gasteiger partial charge on any atom is -0.478 e. The Morgan fingerprint density at radius 2 is 1.91 bits per heavy atom. The summed E-state index contributed by atoms with van der Waals surface area (Å²) in [6.07, 6.45) is 7.21. The number of nitrogens with zero attached hydrogens (tertiary/aromatic N) is 1. The molecule has 22 heavy (non-hydrogen) atoms. The van der Waals surface area contributed by atoms with Gasteiger partial charge in [-0.2, -0.15) is 0 Å². The third-order valence-corrected chi connectivity index (χ3v) is 4.30. The van der Waals surface area contributed by atoms with Gasteiger partial charge in [-0.3, -0.25) is 4.79 Å². The molecule has 5 nitrogen and oxygen atoms in total. The summed E-state index contributed by atoms with van der Waals surface area (Å²) in [6, 6.07) is 7.54. The zero-order valence-corrected chi connectivity index (χ0v) is 12.4. The summed E-state index contributed by atoms with van der Waals surface area (Å²) in [7, 11) is 0. The van der Waals surface area contributed by atoms with E-state index < -0.39 is 5.97 Å². The van der Waals surface area contributed by atoms with Gasteiger partial charge in [0.1, 0.15) is 6.54 Å². The van der Waals surface area contributed by atoms with Crippen molar-refractivity contribution in [3.63, 3.8) is 0 Å². The number of rotatable bonds is 4. The number of carboxylic acids is 1. The van der Waals surface area contributed by atoms with Crippen LogP contribution in [0.2, 0.25) is 0 Å². The molecule has 1 aliphatic carbocycles. The summed E-state index contributed by atoms with van der Waals surface area (Å²) < 4.78 is 1.72. The third-order valence-electron chi connectivity index (χ3n) is 4.30. The number of nitrogens with one attached hydrogen (secondary N) is 1. The molecule has 116 valence electrons. The van der Waals surface area contributed by atoms with Crippen molar-refractivity contribution in [3.05, 3.63) is 36.0 Å². The highest BCUT2D eigenvalue weighted by atomic mass is 16.4. The molecular formula is C17H20N2O3. The highest BCUT2D eigenvalue weighted by Gasteiger charge is 2.18. The highest BCUT2D eigenvalue weighted by Crippen LogP contribution is 2.21. The average molecular weight is 300 g/mol. The van der Waals surface area contributed by atoms with E-state index in [1.54, 1.807) is 22.9 Å². The number of hydrogen-bond acceptors (Lipinski definition) is 2. The Hall–Kier alpha value is -2.30. The van der Waals surface area contributed by atoms with Crippen molar-refractivity contribution in [1.29, 1.82) is 0 Å². The van der Waals surface area contributed by atoms with Crippen LogP contribution in [0.25, 0.3) is 10.9 Å². The van der Waals surface area contributed by atoms with Crippen LogP contribution in [0.4, 0.5) is 0 Å². The molecule has 5 heteroatoms. The second kappa shape index (κ2) is 6.22. The number of hydrogen-bond donors (Lipinski definition) is 2. The van der Waals surface area contributed by atoms with Gasteiger partial charge in [-0.1, -0.05) is 37.5 Å². The Morgan fingerprint density at radius 3 is 2.64 bits per heavy atom. The lowest BCUT2D eigenvalue weighted by atomic mass is 9.95. The molecule has 1 heterocycles. The van der Waals surface area contributed by atoms with E-state index in [0.29, 0.717) is 5.39 Å². The van der Waals surface area contributed by atoms with Crippen LogP contribution in [-0.4, -0.2) is 27.6 Å². The van der Waals surface area contributed by atoms with Gasteiger partial charge in [-0.15, -0.1) is 0 Å². The lowest BCUT2D eigenvalue weighted by molar-refractivity contribution is -0.122. The van der Waals surface area contributed by atoms with E-state index in [1.807, 2.05) is 12.1 Å². The van der Waals surface area contributed by atoms with Gasteiger partial charge in [0.15, 0.2) is 0 Å². The van der Waals surface area contributed by atoms with Crippen molar-refractivity contribution in [1.82, 2.24) is 9.88 Å². The zero-order valence-electron chi connectivity index (χ0n) is 12.4. The lowest BCUT2D eigenvalue weighted by Crippen LogP contribution is -2.38. The summed E-state index contributed by atoms with van der Waals surface area (Å²) >= 11 is 0. The Kier molecular flexibility index (Phi) is 4.13. The predicted molar refractivity (Wildman–Crippen MR) is 83.9 cm³/mol. The van der Waals surface area contributed by atoms with Crippen LogP contribution in [-0.2, 0) is 11.3 Å². The Balaban J connectivity index is 1.78. The molecular weight excluding hydrogens is 280 g/mol. The minimum atomic E-state index is -0.970. The molecule has 0 atom stereocenters. The van der Waals surface area contributed by atoms with Crippen LogP contribution < -0.4 is 5.32 Å². The van der Waals surface area contributed by atoms with Crippen molar-refractivity contribution in [3.8, 4) is 0 Å². The summed E-state index contributed by atoms with van der Waals surface area (Å²) in [5, 5.41) is 13.0. The maximum absolute atomic E-state index is 12.2. The van der Waals surface area contributed by atoms with Crippen LogP contribution in [0, 0.1) is 0 Å². The number of amides is 1. The molecule has 0 aliphatic heterocycles. The van der Waals surface area contributed by atoms with Crippen LogP contribution in [0.3, 0.4) is 0 Å². The second-order valence-electron chi connectivity index (χ2n) is 5.90. The maximum Gasteiger partial charge on any atom is 0.337 e. The monoisotopic (exact) mass is 300 g/mol. The summed E-state index contributed by atoms with van der Waals surface area (Å²) in [4.78, 5) is 23.5. The third kappa shape index (κ3) is 2.98. The van der Waals surface area contributed by atoms with Crippen molar-refractivity contribution in [2.75, 3.05) is 0 Å². The van der Waals surface area contributed by atoms with Gasteiger partial charge >= 0.3 is 5.97 Å². The van der Waals surface area contributed by atoms with Gasteiger partial charge in [-0.25, -0.2) is 4.79 Å². The van der Waals surface area contributed by atoms with Crippen molar-refractivity contribution in [2.24, 2.45) is 0 Å². The summed E-state index contributed by atoms with van der Waals surface area (Å²) in [5.74, 6) is -1.02. The SMILES string of the molecule is O=C(Cn1cc(C(=O)O)c2ccccc21)NC1CCCCC1. The first-order chi connectivity index (χ1) is 10.6. The van der Waals surface area contributed by atoms with E-state index in [-0.39, 0.29) is 24.1 Å². The Labute approximate surface area is 128 Å². The molecule has 1 aromatic carbocycles. The second-order valence-corrected chi connectivity index (χ2v) is 5.90. The molecule has 1 fully saturated rings. The first kappa shape index (κ1) is 14.6. The average Bonchev–Trinajstić information content (AvgIpc) is 2.87. The minimum absolute atomic E-state index is 0.0513. The van der Waals surface area contributed by atoms with Crippen LogP contribution in [0.15, 0.2) is 30.5 Å². The number of carboxylic acid groups (broad SMARTS) is 1. The molecule has 1 amide bonds. The first-order valence-electron chi connectivity index (χ1n) is 7.75. The maximum atomic E-state index is 12.2. The fraction of sp³-hybridized carbons (Fsp3) is 0.412. The number of aromatic carboxylic acids is 1. The van der Waals surface area contributed by atoms with Crippen molar-refractivity contribution >= 4 is 22.8 Å². The van der Waals surface area contributed by atoms with Gasteiger partial charge in [-0.05, 0) is 18.9 Å². The molecule has 0 radical (unpaired) electrons. The molecule has 1 aliphatic rings. The molecule has 0 saturated heterocycles. The van der Waals surface area contributed by atoms with Crippen LogP contribution in [0.1, 0.15) is 42.5 Å².